The first kappa shape index (κ1) is 14.3. The van der Waals surface area contributed by atoms with Crippen molar-refractivity contribution in [2.24, 2.45) is 0 Å². The molecule has 2 heterocycles. The molecule has 1 N–H and O–H groups in total. The fraction of sp³-hybridized carbons (Fsp3) is 0.273. The van der Waals surface area contributed by atoms with Gasteiger partial charge in [0.15, 0.2) is 4.34 Å². The standard InChI is InChI=1S/C11H11N3O2S3/c1-5-8(3-9(15)16)18-11(13-5)19-10-7(17)4-12-6(2)14-10/h4,17H,3H2,1-2H3,(H,15,16). The minimum absolute atomic E-state index is 0.000589. The van der Waals surface area contributed by atoms with Crippen LogP contribution in [0.5, 0.6) is 0 Å². The van der Waals surface area contributed by atoms with Gasteiger partial charge in [0.05, 0.1) is 17.0 Å². The van der Waals surface area contributed by atoms with Crippen molar-refractivity contribution in [1.82, 2.24) is 15.0 Å². The summed E-state index contributed by atoms with van der Waals surface area (Å²) in [4.78, 5) is 24.9. The molecule has 0 saturated heterocycles. The van der Waals surface area contributed by atoms with Crippen molar-refractivity contribution in [3.8, 4) is 0 Å². The number of hydrogen-bond donors (Lipinski definition) is 2. The molecule has 2 aromatic heterocycles. The number of carboxylic acids is 1. The molecule has 100 valence electrons. The maximum atomic E-state index is 10.7. The third-order valence-electron chi connectivity index (χ3n) is 2.22. The van der Waals surface area contributed by atoms with Crippen LogP contribution in [-0.2, 0) is 11.2 Å². The molecule has 0 spiro atoms. The van der Waals surface area contributed by atoms with Gasteiger partial charge in [0.2, 0.25) is 0 Å². The van der Waals surface area contributed by atoms with Gasteiger partial charge in [-0.2, -0.15) is 0 Å². The number of thiol groups is 1. The summed E-state index contributed by atoms with van der Waals surface area (Å²) in [5.41, 5.74) is 0.751. The molecule has 0 aliphatic carbocycles. The lowest BCUT2D eigenvalue weighted by atomic mass is 10.3. The molecule has 2 aromatic rings. The van der Waals surface area contributed by atoms with Crippen LogP contribution >= 0.6 is 35.7 Å². The van der Waals surface area contributed by atoms with E-state index < -0.39 is 5.97 Å². The summed E-state index contributed by atoms with van der Waals surface area (Å²) in [6.45, 7) is 3.62. The number of aryl methyl sites for hydroxylation is 2. The zero-order valence-corrected chi connectivity index (χ0v) is 12.8. The number of hydrogen-bond acceptors (Lipinski definition) is 7. The maximum Gasteiger partial charge on any atom is 0.308 e. The van der Waals surface area contributed by atoms with E-state index in [-0.39, 0.29) is 6.42 Å². The third-order valence-corrected chi connectivity index (χ3v) is 4.93. The van der Waals surface area contributed by atoms with Crippen molar-refractivity contribution in [3.63, 3.8) is 0 Å². The first-order valence-corrected chi connectivity index (χ1v) is 7.42. The van der Waals surface area contributed by atoms with E-state index in [0.717, 1.165) is 19.9 Å². The summed E-state index contributed by atoms with van der Waals surface area (Å²) in [6, 6.07) is 0. The molecular formula is C11H11N3O2S3. The minimum Gasteiger partial charge on any atom is -0.481 e. The molecule has 0 atom stereocenters. The van der Waals surface area contributed by atoms with Crippen LogP contribution < -0.4 is 0 Å². The van der Waals surface area contributed by atoms with Gasteiger partial charge in [0, 0.05) is 11.1 Å². The van der Waals surface area contributed by atoms with E-state index in [1.165, 1.54) is 23.1 Å². The van der Waals surface area contributed by atoms with Crippen LogP contribution in [0.1, 0.15) is 16.4 Å². The number of aromatic nitrogens is 3. The van der Waals surface area contributed by atoms with Crippen LogP contribution in [-0.4, -0.2) is 26.0 Å². The number of aliphatic carboxylic acids is 1. The molecule has 0 saturated carbocycles. The summed E-state index contributed by atoms with van der Waals surface area (Å²) in [7, 11) is 0. The predicted octanol–water partition coefficient (Wildman–Crippen LogP) is 2.62. The normalized spacial score (nSPS) is 10.7. The summed E-state index contributed by atoms with van der Waals surface area (Å²) in [6.07, 6.45) is 1.65. The predicted molar refractivity (Wildman–Crippen MR) is 76.3 cm³/mol. The highest BCUT2D eigenvalue weighted by Gasteiger charge is 2.13. The summed E-state index contributed by atoms with van der Waals surface area (Å²) in [5, 5.41) is 9.54. The van der Waals surface area contributed by atoms with Crippen molar-refractivity contribution >= 4 is 41.7 Å². The van der Waals surface area contributed by atoms with Crippen LogP contribution in [0.3, 0.4) is 0 Å². The molecule has 19 heavy (non-hydrogen) atoms. The SMILES string of the molecule is Cc1ncc(S)c(Sc2nc(C)c(CC(=O)O)s2)n1. The lowest BCUT2D eigenvalue weighted by molar-refractivity contribution is -0.136. The van der Waals surface area contributed by atoms with E-state index in [1.54, 1.807) is 13.1 Å². The highest BCUT2D eigenvalue weighted by molar-refractivity contribution is 8.01. The van der Waals surface area contributed by atoms with Gasteiger partial charge in [-0.3, -0.25) is 4.79 Å². The van der Waals surface area contributed by atoms with Gasteiger partial charge >= 0.3 is 5.97 Å². The van der Waals surface area contributed by atoms with Crippen LogP contribution in [0.4, 0.5) is 0 Å². The van der Waals surface area contributed by atoms with E-state index in [1.807, 2.05) is 6.92 Å². The van der Waals surface area contributed by atoms with E-state index in [2.05, 4.69) is 27.6 Å². The quantitative estimate of drug-likeness (QED) is 0.667. The molecule has 0 bridgehead atoms. The molecular weight excluding hydrogens is 302 g/mol. The zero-order valence-electron chi connectivity index (χ0n) is 10.2. The molecule has 0 amide bonds. The van der Waals surface area contributed by atoms with E-state index in [4.69, 9.17) is 5.11 Å². The van der Waals surface area contributed by atoms with E-state index in [9.17, 15) is 4.79 Å². The molecule has 0 radical (unpaired) electrons. The van der Waals surface area contributed by atoms with Crippen molar-refractivity contribution in [1.29, 1.82) is 0 Å². The second kappa shape index (κ2) is 5.89. The zero-order chi connectivity index (χ0) is 14.0. The van der Waals surface area contributed by atoms with Crippen LogP contribution in [0.25, 0.3) is 0 Å². The summed E-state index contributed by atoms with van der Waals surface area (Å²) < 4.78 is 0.766. The fourth-order valence-corrected chi connectivity index (χ4v) is 3.76. The molecule has 5 nitrogen and oxygen atoms in total. The van der Waals surface area contributed by atoms with Crippen LogP contribution in [0.2, 0.25) is 0 Å². The highest BCUT2D eigenvalue weighted by atomic mass is 32.2. The van der Waals surface area contributed by atoms with Gasteiger partial charge in [-0.1, -0.05) is 0 Å². The van der Waals surface area contributed by atoms with Gasteiger partial charge in [-0.25, -0.2) is 15.0 Å². The minimum atomic E-state index is -0.851. The third kappa shape index (κ3) is 3.68. The lowest BCUT2D eigenvalue weighted by Crippen LogP contribution is -1.99. The monoisotopic (exact) mass is 313 g/mol. The first-order chi connectivity index (χ1) is 8.95. The van der Waals surface area contributed by atoms with Gasteiger partial charge in [0.1, 0.15) is 10.9 Å². The molecule has 0 aliphatic heterocycles. The van der Waals surface area contributed by atoms with Crippen molar-refractivity contribution in [3.05, 3.63) is 22.6 Å². The van der Waals surface area contributed by atoms with Crippen LogP contribution in [0, 0.1) is 13.8 Å². The Balaban J connectivity index is 2.24. The number of carboxylic acid groups (broad SMARTS) is 1. The average molecular weight is 313 g/mol. The van der Waals surface area contributed by atoms with Gasteiger partial charge in [-0.05, 0) is 25.6 Å². The van der Waals surface area contributed by atoms with Gasteiger partial charge in [0.25, 0.3) is 0 Å². The number of carbonyl (C=O) groups is 1. The summed E-state index contributed by atoms with van der Waals surface area (Å²) >= 11 is 7.05. The Labute approximate surface area is 123 Å². The molecule has 0 unspecified atom stereocenters. The topological polar surface area (TPSA) is 76.0 Å². The smallest absolute Gasteiger partial charge is 0.308 e. The second-order valence-electron chi connectivity index (χ2n) is 3.77. The number of rotatable bonds is 4. The van der Waals surface area contributed by atoms with E-state index >= 15 is 0 Å². The van der Waals surface area contributed by atoms with E-state index in [0.29, 0.717) is 10.7 Å². The molecule has 2 rings (SSSR count). The van der Waals surface area contributed by atoms with Crippen molar-refractivity contribution in [2.75, 3.05) is 0 Å². The maximum absolute atomic E-state index is 10.7. The van der Waals surface area contributed by atoms with Gasteiger partial charge < -0.3 is 5.11 Å². The Hall–Kier alpha value is -1.12. The second-order valence-corrected chi connectivity index (χ2v) is 6.57. The lowest BCUT2D eigenvalue weighted by Gasteiger charge is -2.01. The molecule has 0 aliphatic rings. The first-order valence-electron chi connectivity index (χ1n) is 5.34. The Morgan fingerprint density at radius 3 is 2.89 bits per heavy atom. The van der Waals surface area contributed by atoms with Gasteiger partial charge in [-0.15, -0.1) is 24.0 Å². The number of thiazole rings is 1. The molecule has 0 aromatic carbocycles. The molecule has 0 fully saturated rings. The largest absolute Gasteiger partial charge is 0.481 e. The highest BCUT2D eigenvalue weighted by Crippen LogP contribution is 2.34. The number of nitrogens with zero attached hydrogens (tertiary/aromatic N) is 3. The molecule has 8 heteroatoms. The summed E-state index contributed by atoms with van der Waals surface area (Å²) in [5.74, 6) is -0.185. The fourth-order valence-electron chi connectivity index (χ4n) is 1.35. The van der Waals surface area contributed by atoms with Crippen molar-refractivity contribution < 1.29 is 9.90 Å². The average Bonchev–Trinajstić information content (AvgIpc) is 2.64. The Morgan fingerprint density at radius 2 is 2.21 bits per heavy atom. The van der Waals surface area contributed by atoms with Crippen molar-refractivity contribution in [2.45, 2.75) is 34.5 Å². The Kier molecular flexibility index (Phi) is 4.43. The van der Waals surface area contributed by atoms with Crippen LogP contribution in [0.15, 0.2) is 20.5 Å². The Bertz CT molecular complexity index is 628. The Morgan fingerprint density at radius 1 is 1.47 bits per heavy atom.